The number of fused-ring (bicyclic) bond motifs is 1. The standard InChI is InChI=1S/C16H13N3O3.C14H12O4/c1-22-16(21)19-15-17-12-8-7-11(9-13(12)18-15)14(20)10-5-3-2-4-6-10;1-18-9-6-7-11(13(16)8-9)14(17)10-4-2-3-5-12(10)15/h2-9H,1H3,(H2,17,18,19,21);2-8,15-16H,1H3. The Morgan fingerprint density at radius 2 is 1.45 bits per heavy atom. The quantitative estimate of drug-likeness (QED) is 0.212. The van der Waals surface area contributed by atoms with Crippen LogP contribution in [0.3, 0.4) is 0 Å². The number of aromatic amines is 1. The number of aromatic nitrogens is 2. The molecule has 10 nitrogen and oxygen atoms in total. The Bertz CT molecular complexity index is 1680. The number of hydrogen-bond acceptors (Lipinski definition) is 8. The van der Waals surface area contributed by atoms with Gasteiger partial charge in [-0.05, 0) is 42.5 Å². The van der Waals surface area contributed by atoms with E-state index in [9.17, 15) is 24.6 Å². The number of ether oxygens (including phenoxy) is 2. The first-order valence-electron chi connectivity index (χ1n) is 11.9. The number of imidazole rings is 1. The minimum atomic E-state index is -0.611. The van der Waals surface area contributed by atoms with E-state index in [4.69, 9.17) is 4.74 Å². The smallest absolute Gasteiger partial charge is 0.413 e. The molecule has 1 aromatic heterocycles. The number of para-hydroxylation sites is 1. The lowest BCUT2D eigenvalue weighted by molar-refractivity contribution is 0.102. The molecule has 1 amide bonds. The van der Waals surface area contributed by atoms with Crippen LogP contribution in [0.1, 0.15) is 31.8 Å². The highest BCUT2D eigenvalue weighted by molar-refractivity contribution is 6.12. The molecule has 0 saturated carbocycles. The van der Waals surface area contributed by atoms with Crippen molar-refractivity contribution < 1.29 is 34.1 Å². The van der Waals surface area contributed by atoms with Crippen molar-refractivity contribution in [2.45, 2.75) is 0 Å². The highest BCUT2D eigenvalue weighted by Crippen LogP contribution is 2.28. The van der Waals surface area contributed by atoms with Gasteiger partial charge in [-0.25, -0.2) is 9.78 Å². The lowest BCUT2D eigenvalue weighted by Gasteiger charge is -2.07. The average molecular weight is 540 g/mol. The van der Waals surface area contributed by atoms with E-state index in [1.54, 1.807) is 48.5 Å². The van der Waals surface area contributed by atoms with Crippen molar-refractivity contribution in [2.75, 3.05) is 19.5 Å². The van der Waals surface area contributed by atoms with Crippen molar-refractivity contribution in [3.8, 4) is 17.2 Å². The Kier molecular flexibility index (Phi) is 8.40. The molecule has 202 valence electrons. The molecule has 5 rings (SSSR count). The van der Waals surface area contributed by atoms with Crippen LogP contribution in [-0.2, 0) is 4.74 Å². The monoisotopic (exact) mass is 539 g/mol. The van der Waals surface area contributed by atoms with Gasteiger partial charge in [0.15, 0.2) is 11.6 Å². The summed E-state index contributed by atoms with van der Waals surface area (Å²) in [6.45, 7) is 0. The number of phenolic OH excluding ortho intramolecular Hbond substituents is 2. The van der Waals surface area contributed by atoms with Gasteiger partial charge in [-0.2, -0.15) is 0 Å². The van der Waals surface area contributed by atoms with Crippen molar-refractivity contribution in [3.63, 3.8) is 0 Å². The minimum absolute atomic E-state index is 0.0698. The third-order valence-electron chi connectivity index (χ3n) is 5.78. The Balaban J connectivity index is 0.000000189. The van der Waals surface area contributed by atoms with Crippen LogP contribution in [-0.4, -0.2) is 52.1 Å². The van der Waals surface area contributed by atoms with Crippen LogP contribution < -0.4 is 10.1 Å². The second-order valence-electron chi connectivity index (χ2n) is 8.36. The molecule has 0 radical (unpaired) electrons. The molecule has 0 saturated heterocycles. The maximum absolute atomic E-state index is 12.4. The lowest BCUT2D eigenvalue weighted by Crippen LogP contribution is -2.11. The van der Waals surface area contributed by atoms with Gasteiger partial charge in [0.1, 0.15) is 17.2 Å². The maximum Gasteiger partial charge on any atom is 0.413 e. The largest absolute Gasteiger partial charge is 0.507 e. The van der Waals surface area contributed by atoms with Crippen molar-refractivity contribution in [2.24, 2.45) is 0 Å². The van der Waals surface area contributed by atoms with E-state index in [2.05, 4.69) is 20.0 Å². The van der Waals surface area contributed by atoms with Gasteiger partial charge in [0, 0.05) is 17.2 Å². The number of methoxy groups -OCH3 is 2. The summed E-state index contributed by atoms with van der Waals surface area (Å²) in [4.78, 5) is 42.8. The van der Waals surface area contributed by atoms with Gasteiger partial charge >= 0.3 is 6.09 Å². The molecule has 0 atom stereocenters. The number of nitrogens with one attached hydrogen (secondary N) is 2. The number of carbonyl (C=O) groups excluding carboxylic acids is 3. The lowest BCUT2D eigenvalue weighted by atomic mass is 10.0. The normalized spacial score (nSPS) is 10.2. The van der Waals surface area contributed by atoms with Crippen molar-refractivity contribution in [1.29, 1.82) is 0 Å². The second-order valence-corrected chi connectivity index (χ2v) is 8.36. The fourth-order valence-electron chi connectivity index (χ4n) is 3.76. The number of benzene rings is 4. The number of ketones is 2. The molecule has 4 aromatic carbocycles. The number of nitrogens with zero attached hydrogens (tertiary/aromatic N) is 1. The van der Waals surface area contributed by atoms with Crippen LogP contribution in [0.5, 0.6) is 17.2 Å². The summed E-state index contributed by atoms with van der Waals surface area (Å²) in [6.07, 6.45) is -0.611. The van der Waals surface area contributed by atoms with E-state index in [1.807, 2.05) is 18.2 Å². The Morgan fingerprint density at radius 1 is 0.750 bits per heavy atom. The SMILES string of the molecule is COC(=O)Nc1nc2ccc(C(=O)c3ccccc3)cc2[nH]1.COc1ccc(C(=O)c2ccccc2O)c(O)c1. The summed E-state index contributed by atoms with van der Waals surface area (Å²) in [5, 5.41) is 21.8. The van der Waals surface area contributed by atoms with Gasteiger partial charge in [-0.3, -0.25) is 14.9 Å². The molecule has 10 heteroatoms. The van der Waals surface area contributed by atoms with Gasteiger partial charge in [0.2, 0.25) is 5.95 Å². The van der Waals surface area contributed by atoms with E-state index < -0.39 is 11.9 Å². The highest BCUT2D eigenvalue weighted by atomic mass is 16.5. The summed E-state index contributed by atoms with van der Waals surface area (Å²) in [7, 11) is 2.74. The fourth-order valence-corrected chi connectivity index (χ4v) is 3.76. The number of rotatable bonds is 6. The van der Waals surface area contributed by atoms with Crippen LogP contribution in [0.2, 0.25) is 0 Å². The van der Waals surface area contributed by atoms with Crippen LogP contribution in [0.15, 0.2) is 91.0 Å². The van der Waals surface area contributed by atoms with Crippen LogP contribution in [0.4, 0.5) is 10.7 Å². The number of aromatic hydroxyl groups is 2. The summed E-state index contributed by atoms with van der Waals surface area (Å²) in [5.74, 6) is -0.0688. The van der Waals surface area contributed by atoms with Gasteiger partial charge in [0.05, 0.1) is 36.4 Å². The molecular weight excluding hydrogens is 514 g/mol. The first-order valence-corrected chi connectivity index (χ1v) is 11.9. The zero-order chi connectivity index (χ0) is 28.6. The zero-order valence-electron chi connectivity index (χ0n) is 21.5. The summed E-state index contributed by atoms with van der Waals surface area (Å²) in [6, 6.07) is 24.8. The maximum atomic E-state index is 12.4. The van der Waals surface area contributed by atoms with E-state index in [-0.39, 0.29) is 34.4 Å². The van der Waals surface area contributed by atoms with Gasteiger partial charge in [0.25, 0.3) is 0 Å². The molecule has 0 aliphatic rings. The predicted molar refractivity (Wildman–Crippen MR) is 148 cm³/mol. The highest BCUT2D eigenvalue weighted by Gasteiger charge is 2.17. The van der Waals surface area contributed by atoms with Crippen LogP contribution >= 0.6 is 0 Å². The third kappa shape index (κ3) is 6.25. The Morgan fingerprint density at radius 3 is 2.12 bits per heavy atom. The molecule has 1 heterocycles. The fraction of sp³-hybridized carbons (Fsp3) is 0.0667. The second kappa shape index (κ2) is 12.3. The Hall–Kier alpha value is -5.64. The van der Waals surface area contributed by atoms with Gasteiger partial charge in [-0.1, -0.05) is 42.5 Å². The Labute approximate surface area is 228 Å². The van der Waals surface area contributed by atoms with Crippen molar-refractivity contribution in [1.82, 2.24) is 9.97 Å². The topological polar surface area (TPSA) is 151 Å². The summed E-state index contributed by atoms with van der Waals surface area (Å²) in [5.41, 5.74) is 2.75. The number of phenols is 2. The summed E-state index contributed by atoms with van der Waals surface area (Å²) < 4.78 is 9.44. The molecule has 0 bridgehead atoms. The molecule has 0 aliphatic heterocycles. The van der Waals surface area contributed by atoms with Gasteiger partial charge in [-0.15, -0.1) is 0 Å². The first kappa shape index (κ1) is 27.4. The molecule has 5 aromatic rings. The van der Waals surface area contributed by atoms with E-state index in [0.717, 1.165) is 0 Å². The van der Waals surface area contributed by atoms with Crippen molar-refractivity contribution >= 4 is 34.6 Å². The third-order valence-corrected chi connectivity index (χ3v) is 5.78. The molecule has 0 fully saturated rings. The molecule has 0 unspecified atom stereocenters. The zero-order valence-corrected chi connectivity index (χ0v) is 21.5. The van der Waals surface area contributed by atoms with Crippen molar-refractivity contribution in [3.05, 3.63) is 113 Å². The van der Waals surface area contributed by atoms with Crippen LogP contribution in [0.25, 0.3) is 11.0 Å². The molecule has 0 spiro atoms. The first-order chi connectivity index (χ1) is 19.3. The minimum Gasteiger partial charge on any atom is -0.507 e. The van der Waals surface area contributed by atoms with E-state index >= 15 is 0 Å². The number of carbonyl (C=O) groups is 3. The van der Waals surface area contributed by atoms with E-state index in [1.165, 1.54) is 38.5 Å². The van der Waals surface area contributed by atoms with E-state index in [0.29, 0.717) is 27.9 Å². The molecule has 40 heavy (non-hydrogen) atoms. The predicted octanol–water partition coefficient (Wildman–Crippen LogP) is 5.31. The number of anilines is 1. The number of hydrogen-bond donors (Lipinski definition) is 4. The average Bonchev–Trinajstić information content (AvgIpc) is 3.38. The van der Waals surface area contributed by atoms with Crippen LogP contribution in [0, 0.1) is 0 Å². The number of amides is 1. The number of H-pyrrole nitrogens is 1. The van der Waals surface area contributed by atoms with Gasteiger partial charge < -0.3 is 24.7 Å². The molecular formula is C30H25N3O7. The summed E-state index contributed by atoms with van der Waals surface area (Å²) >= 11 is 0. The molecule has 4 N–H and O–H groups in total. The molecule has 0 aliphatic carbocycles.